The molecule has 1 aromatic heterocycles. The van der Waals surface area contributed by atoms with Crippen LogP contribution < -0.4 is 5.32 Å². The predicted octanol–water partition coefficient (Wildman–Crippen LogP) is 2.82. The van der Waals surface area contributed by atoms with E-state index in [1.165, 1.54) is 10.4 Å². The van der Waals surface area contributed by atoms with Crippen molar-refractivity contribution in [3.05, 3.63) is 52.0 Å². The summed E-state index contributed by atoms with van der Waals surface area (Å²) in [5, 5.41) is 4.51. The van der Waals surface area contributed by atoms with Crippen LogP contribution in [0.2, 0.25) is 0 Å². The fourth-order valence-electron chi connectivity index (χ4n) is 2.45. The van der Waals surface area contributed by atoms with E-state index in [0.717, 1.165) is 36.9 Å². The van der Waals surface area contributed by atoms with Gasteiger partial charge >= 0.3 is 0 Å². The van der Waals surface area contributed by atoms with Gasteiger partial charge in [0, 0.05) is 51.7 Å². The molecule has 1 aromatic carbocycles. The summed E-state index contributed by atoms with van der Waals surface area (Å²) >= 11 is 1.72. The van der Waals surface area contributed by atoms with Crippen molar-refractivity contribution < 1.29 is 4.79 Å². The second-order valence-electron chi connectivity index (χ2n) is 6.63. The van der Waals surface area contributed by atoms with Crippen LogP contribution in [0.5, 0.6) is 0 Å². The molecule has 0 aliphatic heterocycles. The topological polar surface area (TPSA) is 60.8 Å². The normalized spacial score (nSPS) is 10.9. The summed E-state index contributed by atoms with van der Waals surface area (Å²) in [5.74, 6) is 0.732. The summed E-state index contributed by atoms with van der Waals surface area (Å²) in [5.41, 5.74) is 1.27. The Labute approximate surface area is 189 Å². The fraction of sp³-hybridized carbons (Fsp3) is 0.450. The number of aliphatic imine (C=N–C) groups is 1. The molecule has 0 aliphatic carbocycles. The van der Waals surface area contributed by atoms with Crippen LogP contribution in [0.25, 0.3) is 0 Å². The lowest BCUT2D eigenvalue weighted by Gasteiger charge is -2.22. The standard InChI is InChI=1S/C20H29N5OS.HI/c1-16-14-22-18(27-16)11-13-25(4)20(23-15-19(26)24(2)3)21-12-10-17-8-6-5-7-9-17;/h5-9,14H,10-13,15H2,1-4H3,(H,21,23);1H. The summed E-state index contributed by atoms with van der Waals surface area (Å²) in [7, 11) is 5.48. The number of likely N-dealkylation sites (N-methyl/N-ethyl adjacent to an activating group) is 2. The average molecular weight is 515 g/mol. The Morgan fingerprint density at radius 3 is 2.50 bits per heavy atom. The summed E-state index contributed by atoms with van der Waals surface area (Å²) in [6.07, 6.45) is 3.67. The Balaban J connectivity index is 0.00000392. The molecule has 0 atom stereocenters. The van der Waals surface area contributed by atoms with E-state index in [1.807, 2.05) is 31.4 Å². The number of benzene rings is 1. The van der Waals surface area contributed by atoms with Gasteiger partial charge in [-0.15, -0.1) is 35.3 Å². The molecule has 2 aromatic rings. The highest BCUT2D eigenvalue weighted by Crippen LogP contribution is 2.11. The highest BCUT2D eigenvalue weighted by Gasteiger charge is 2.10. The smallest absolute Gasteiger partial charge is 0.243 e. The number of rotatable bonds is 8. The molecule has 1 amide bonds. The summed E-state index contributed by atoms with van der Waals surface area (Å²) in [6, 6.07) is 10.3. The van der Waals surface area contributed by atoms with Crippen LogP contribution >= 0.6 is 35.3 Å². The van der Waals surface area contributed by atoms with Gasteiger partial charge in [0.25, 0.3) is 0 Å². The minimum absolute atomic E-state index is 0. The zero-order valence-corrected chi connectivity index (χ0v) is 20.2. The SMILES string of the molecule is Cc1cnc(CCN(C)C(=NCC(=O)N(C)C)NCCc2ccccc2)s1.I. The molecular formula is C20H30IN5OS. The first-order chi connectivity index (χ1) is 13.0. The van der Waals surface area contributed by atoms with Crippen LogP contribution in [-0.4, -0.2) is 67.4 Å². The Morgan fingerprint density at radius 1 is 1.18 bits per heavy atom. The third-order valence-electron chi connectivity index (χ3n) is 4.09. The number of nitrogens with zero attached hydrogens (tertiary/aromatic N) is 4. The van der Waals surface area contributed by atoms with E-state index in [4.69, 9.17) is 0 Å². The van der Waals surface area contributed by atoms with Gasteiger partial charge in [-0.3, -0.25) is 4.79 Å². The summed E-state index contributed by atoms with van der Waals surface area (Å²) < 4.78 is 0. The monoisotopic (exact) mass is 515 g/mol. The number of guanidine groups is 1. The van der Waals surface area contributed by atoms with Gasteiger partial charge in [0.2, 0.25) is 5.91 Å². The number of hydrogen-bond donors (Lipinski definition) is 1. The van der Waals surface area contributed by atoms with Gasteiger partial charge in [0.05, 0.1) is 5.01 Å². The van der Waals surface area contributed by atoms with Gasteiger partial charge < -0.3 is 15.1 Å². The predicted molar refractivity (Wildman–Crippen MR) is 128 cm³/mol. The number of nitrogens with one attached hydrogen (secondary N) is 1. The fourth-order valence-corrected chi connectivity index (χ4v) is 3.22. The van der Waals surface area contributed by atoms with E-state index in [1.54, 1.807) is 30.3 Å². The molecule has 0 spiro atoms. The van der Waals surface area contributed by atoms with Crippen molar-refractivity contribution >= 4 is 47.2 Å². The number of amides is 1. The Hall–Kier alpha value is -1.68. The van der Waals surface area contributed by atoms with E-state index in [0.29, 0.717) is 0 Å². The van der Waals surface area contributed by atoms with Gasteiger partial charge in [-0.25, -0.2) is 9.98 Å². The van der Waals surface area contributed by atoms with Crippen LogP contribution in [0.4, 0.5) is 0 Å². The van der Waals surface area contributed by atoms with Crippen LogP contribution in [0, 0.1) is 6.92 Å². The van der Waals surface area contributed by atoms with E-state index in [-0.39, 0.29) is 36.4 Å². The van der Waals surface area contributed by atoms with Crippen molar-refractivity contribution in [1.82, 2.24) is 20.1 Å². The Morgan fingerprint density at radius 2 is 1.89 bits per heavy atom. The first-order valence-electron chi connectivity index (χ1n) is 9.10. The zero-order valence-electron chi connectivity index (χ0n) is 17.0. The molecule has 0 fully saturated rings. The quantitative estimate of drug-likeness (QED) is 0.334. The van der Waals surface area contributed by atoms with Crippen LogP contribution in [0.1, 0.15) is 15.4 Å². The molecule has 28 heavy (non-hydrogen) atoms. The lowest BCUT2D eigenvalue weighted by atomic mass is 10.1. The van der Waals surface area contributed by atoms with Crippen LogP contribution in [-0.2, 0) is 17.6 Å². The molecule has 1 N–H and O–H groups in total. The second kappa shape index (κ2) is 12.7. The number of carbonyl (C=O) groups is 1. The van der Waals surface area contributed by atoms with Gasteiger partial charge in [-0.05, 0) is 18.9 Å². The number of aryl methyl sites for hydroxylation is 1. The molecule has 0 aliphatic rings. The van der Waals surface area contributed by atoms with Crippen molar-refractivity contribution in [1.29, 1.82) is 0 Å². The molecule has 1 heterocycles. The molecule has 0 bridgehead atoms. The number of thiazole rings is 1. The highest BCUT2D eigenvalue weighted by atomic mass is 127. The minimum atomic E-state index is -0.0127. The van der Waals surface area contributed by atoms with Gasteiger partial charge in [0.1, 0.15) is 6.54 Å². The Bertz CT molecular complexity index is 748. The van der Waals surface area contributed by atoms with E-state index < -0.39 is 0 Å². The molecule has 0 saturated heterocycles. The van der Waals surface area contributed by atoms with E-state index in [9.17, 15) is 4.79 Å². The maximum atomic E-state index is 11.9. The number of halogens is 1. The van der Waals surface area contributed by atoms with Gasteiger partial charge in [0.15, 0.2) is 5.96 Å². The molecule has 6 nitrogen and oxygen atoms in total. The number of carbonyl (C=O) groups excluding carboxylic acids is 1. The highest BCUT2D eigenvalue weighted by molar-refractivity contribution is 14.0. The zero-order chi connectivity index (χ0) is 19.6. The van der Waals surface area contributed by atoms with E-state index in [2.05, 4.69) is 39.2 Å². The summed E-state index contributed by atoms with van der Waals surface area (Å²) in [6.45, 7) is 3.76. The van der Waals surface area contributed by atoms with Crippen molar-refractivity contribution in [3.8, 4) is 0 Å². The molecular weight excluding hydrogens is 485 g/mol. The largest absolute Gasteiger partial charge is 0.356 e. The lowest BCUT2D eigenvalue weighted by Crippen LogP contribution is -2.41. The maximum Gasteiger partial charge on any atom is 0.243 e. The first kappa shape index (κ1) is 24.4. The van der Waals surface area contributed by atoms with E-state index >= 15 is 0 Å². The lowest BCUT2D eigenvalue weighted by molar-refractivity contribution is -0.127. The van der Waals surface area contributed by atoms with Crippen molar-refractivity contribution in [2.24, 2.45) is 4.99 Å². The molecule has 154 valence electrons. The van der Waals surface area contributed by atoms with Crippen molar-refractivity contribution in [3.63, 3.8) is 0 Å². The third-order valence-corrected chi connectivity index (χ3v) is 5.07. The molecule has 0 radical (unpaired) electrons. The third kappa shape index (κ3) is 8.55. The average Bonchev–Trinajstić information content (AvgIpc) is 3.08. The number of aromatic nitrogens is 1. The summed E-state index contributed by atoms with van der Waals surface area (Å²) in [4.78, 5) is 25.7. The molecule has 8 heteroatoms. The van der Waals surface area contributed by atoms with Crippen LogP contribution in [0.15, 0.2) is 41.5 Å². The number of hydrogen-bond acceptors (Lipinski definition) is 4. The molecule has 2 rings (SSSR count). The Kier molecular flexibility index (Phi) is 11.1. The van der Waals surface area contributed by atoms with Crippen molar-refractivity contribution in [2.45, 2.75) is 19.8 Å². The van der Waals surface area contributed by atoms with Gasteiger partial charge in [-0.1, -0.05) is 30.3 Å². The first-order valence-corrected chi connectivity index (χ1v) is 9.92. The maximum absolute atomic E-state index is 11.9. The second-order valence-corrected chi connectivity index (χ2v) is 7.95. The van der Waals surface area contributed by atoms with Crippen molar-refractivity contribution in [2.75, 3.05) is 40.8 Å². The van der Waals surface area contributed by atoms with Crippen LogP contribution in [0.3, 0.4) is 0 Å². The minimum Gasteiger partial charge on any atom is -0.356 e. The molecule has 0 saturated carbocycles. The van der Waals surface area contributed by atoms with Gasteiger partial charge in [-0.2, -0.15) is 0 Å². The molecule has 0 unspecified atom stereocenters.